The first-order valence-corrected chi connectivity index (χ1v) is 9.26. The monoisotopic (exact) mass is 372 g/mol. The van der Waals surface area contributed by atoms with Crippen LogP contribution in [0, 0.1) is 0 Å². The summed E-state index contributed by atoms with van der Waals surface area (Å²) in [6.45, 7) is 0. The van der Waals surface area contributed by atoms with Crippen molar-refractivity contribution in [2.24, 2.45) is 5.10 Å². The molecule has 4 aromatic rings. The van der Waals surface area contributed by atoms with E-state index in [4.69, 9.17) is 0 Å². The van der Waals surface area contributed by atoms with Crippen LogP contribution in [0.4, 0.5) is 0 Å². The molecule has 2 heterocycles. The second-order valence-electron chi connectivity index (χ2n) is 5.73. The molecule has 0 radical (unpaired) electrons. The maximum absolute atomic E-state index is 12.3. The van der Waals surface area contributed by atoms with E-state index in [-0.39, 0.29) is 5.91 Å². The summed E-state index contributed by atoms with van der Waals surface area (Å²) in [5.41, 5.74) is 6.23. The lowest BCUT2D eigenvalue weighted by Crippen LogP contribution is -2.24. The lowest BCUT2D eigenvalue weighted by Gasteiger charge is -2.09. The highest BCUT2D eigenvalue weighted by atomic mass is 32.1. The Morgan fingerprint density at radius 2 is 1.59 bits per heavy atom. The summed E-state index contributed by atoms with van der Waals surface area (Å²) in [7, 11) is 0. The second-order valence-corrected chi connectivity index (χ2v) is 6.57. The lowest BCUT2D eigenvalue weighted by molar-refractivity contribution is 0.0953. The zero-order chi connectivity index (χ0) is 18.5. The molecule has 1 N–H and O–H groups in total. The number of nitrogens with one attached hydrogen (secondary N) is 1. The van der Waals surface area contributed by atoms with E-state index >= 15 is 0 Å². The zero-order valence-corrected chi connectivity index (χ0v) is 15.1. The first-order chi connectivity index (χ1) is 13.3. The van der Waals surface area contributed by atoms with E-state index in [0.717, 1.165) is 16.9 Å². The first kappa shape index (κ1) is 16.9. The topological polar surface area (TPSA) is 59.3 Å². The Hall–Kier alpha value is -3.51. The molecule has 0 atom stereocenters. The molecular formula is C21H16N4OS. The Labute approximate surface area is 160 Å². The van der Waals surface area contributed by atoms with Gasteiger partial charge in [-0.05, 0) is 29.8 Å². The maximum atomic E-state index is 12.3. The molecule has 0 bridgehead atoms. The Bertz CT molecular complexity index is 1100. The van der Waals surface area contributed by atoms with Crippen molar-refractivity contribution in [1.29, 1.82) is 0 Å². The number of carbonyl (C=O) groups excluding carboxylic acids is 1. The minimum absolute atomic E-state index is 0.272. The van der Waals surface area contributed by atoms with Crippen molar-refractivity contribution in [1.82, 2.24) is 15.0 Å². The molecule has 1 amide bonds. The van der Waals surface area contributed by atoms with Gasteiger partial charge in [-0.1, -0.05) is 48.5 Å². The molecule has 0 aliphatic carbocycles. The van der Waals surface area contributed by atoms with Crippen molar-refractivity contribution in [3.8, 4) is 16.9 Å². The third-order valence-electron chi connectivity index (χ3n) is 3.99. The van der Waals surface area contributed by atoms with Crippen LogP contribution in [0.15, 0.2) is 95.7 Å². The Kier molecular flexibility index (Phi) is 4.89. The van der Waals surface area contributed by atoms with Crippen LogP contribution in [-0.4, -0.2) is 15.5 Å². The van der Waals surface area contributed by atoms with Crippen LogP contribution in [0.25, 0.3) is 16.9 Å². The van der Waals surface area contributed by atoms with Crippen LogP contribution in [0.2, 0.25) is 0 Å². The standard InChI is InChI=1S/C21H16N4OS/c26-20(17-11-13-22-14-12-17)23-24-21-25(18-9-5-2-6-10-18)19(15-27-21)16-7-3-1-4-8-16/h1-15H,(H,23,26)/b24-21-. The van der Waals surface area contributed by atoms with Crippen molar-refractivity contribution in [3.05, 3.63) is 101 Å². The van der Waals surface area contributed by atoms with Crippen LogP contribution < -0.4 is 10.2 Å². The van der Waals surface area contributed by atoms with Gasteiger partial charge in [0.1, 0.15) is 0 Å². The van der Waals surface area contributed by atoms with E-state index in [1.54, 1.807) is 24.5 Å². The Balaban J connectivity index is 1.77. The predicted octanol–water partition coefficient (Wildman–Crippen LogP) is 3.85. The van der Waals surface area contributed by atoms with Crippen molar-refractivity contribution < 1.29 is 4.79 Å². The number of hydrogen-bond donors (Lipinski definition) is 1. The Morgan fingerprint density at radius 3 is 2.30 bits per heavy atom. The number of para-hydroxylation sites is 1. The third kappa shape index (κ3) is 3.70. The molecule has 27 heavy (non-hydrogen) atoms. The molecule has 0 saturated carbocycles. The summed E-state index contributed by atoms with van der Waals surface area (Å²) in [4.78, 5) is 16.9. The van der Waals surface area contributed by atoms with Crippen molar-refractivity contribution in [2.45, 2.75) is 0 Å². The molecule has 2 aromatic carbocycles. The van der Waals surface area contributed by atoms with Crippen molar-refractivity contribution >= 4 is 17.2 Å². The highest BCUT2D eigenvalue weighted by molar-refractivity contribution is 7.07. The molecule has 0 unspecified atom stereocenters. The summed E-state index contributed by atoms with van der Waals surface area (Å²) in [5, 5.41) is 6.41. The van der Waals surface area contributed by atoms with Gasteiger partial charge in [0, 0.05) is 29.0 Å². The highest BCUT2D eigenvalue weighted by Gasteiger charge is 2.10. The van der Waals surface area contributed by atoms with Crippen molar-refractivity contribution in [3.63, 3.8) is 0 Å². The van der Waals surface area contributed by atoms with Gasteiger partial charge < -0.3 is 0 Å². The molecule has 0 saturated heterocycles. The van der Waals surface area contributed by atoms with E-state index < -0.39 is 0 Å². The first-order valence-electron chi connectivity index (χ1n) is 8.38. The number of thiazole rings is 1. The van der Waals surface area contributed by atoms with Crippen LogP contribution in [0.3, 0.4) is 0 Å². The highest BCUT2D eigenvalue weighted by Crippen LogP contribution is 2.22. The number of pyridine rings is 1. The van der Waals surface area contributed by atoms with Gasteiger partial charge >= 0.3 is 0 Å². The van der Waals surface area contributed by atoms with Crippen LogP contribution >= 0.6 is 11.3 Å². The summed E-state index contributed by atoms with van der Waals surface area (Å²) >= 11 is 1.47. The number of amides is 1. The van der Waals surface area contributed by atoms with Gasteiger partial charge in [0.15, 0.2) is 0 Å². The smallest absolute Gasteiger partial charge is 0.271 e. The van der Waals surface area contributed by atoms with Gasteiger partial charge in [-0.2, -0.15) is 0 Å². The largest absolute Gasteiger partial charge is 0.284 e. The molecule has 132 valence electrons. The van der Waals surface area contributed by atoms with Crippen molar-refractivity contribution in [2.75, 3.05) is 0 Å². The normalized spacial score (nSPS) is 11.3. The van der Waals surface area contributed by atoms with E-state index in [9.17, 15) is 4.79 Å². The summed E-state index contributed by atoms with van der Waals surface area (Å²) < 4.78 is 2.03. The molecule has 0 spiro atoms. The number of rotatable bonds is 4. The quantitative estimate of drug-likeness (QED) is 0.553. The summed E-state index contributed by atoms with van der Waals surface area (Å²) in [6.07, 6.45) is 3.16. The Morgan fingerprint density at radius 1 is 0.926 bits per heavy atom. The molecule has 6 heteroatoms. The molecule has 2 aromatic heterocycles. The van der Waals surface area contributed by atoms with Gasteiger partial charge in [-0.25, -0.2) is 5.43 Å². The van der Waals surface area contributed by atoms with Crippen LogP contribution in [0.1, 0.15) is 10.4 Å². The molecule has 5 nitrogen and oxygen atoms in total. The average Bonchev–Trinajstić information content (AvgIpc) is 3.18. The average molecular weight is 372 g/mol. The summed E-state index contributed by atoms with van der Waals surface area (Å²) in [5.74, 6) is -0.272. The van der Waals surface area contributed by atoms with Gasteiger partial charge in [-0.3, -0.25) is 14.3 Å². The molecule has 0 aliphatic rings. The SMILES string of the molecule is O=C(N/N=c1\scc(-c2ccccc2)n1-c1ccccc1)c1ccncc1. The van der Waals surface area contributed by atoms with Gasteiger partial charge in [0.2, 0.25) is 4.80 Å². The maximum Gasteiger partial charge on any atom is 0.271 e. The van der Waals surface area contributed by atoms with E-state index in [1.165, 1.54) is 11.3 Å². The zero-order valence-electron chi connectivity index (χ0n) is 14.3. The van der Waals surface area contributed by atoms with Gasteiger partial charge in [-0.15, -0.1) is 16.4 Å². The number of carbonyl (C=O) groups is 1. The molecule has 0 aliphatic heterocycles. The molecule has 0 fully saturated rings. The lowest BCUT2D eigenvalue weighted by atomic mass is 10.1. The fraction of sp³-hybridized carbons (Fsp3) is 0. The predicted molar refractivity (Wildman–Crippen MR) is 106 cm³/mol. The summed E-state index contributed by atoms with van der Waals surface area (Å²) in [6, 6.07) is 23.4. The van der Waals surface area contributed by atoms with E-state index in [1.807, 2.05) is 58.5 Å². The van der Waals surface area contributed by atoms with E-state index in [0.29, 0.717) is 10.4 Å². The molecular weight excluding hydrogens is 356 g/mol. The number of hydrogen-bond acceptors (Lipinski definition) is 4. The van der Waals surface area contributed by atoms with Gasteiger partial charge in [0.25, 0.3) is 5.91 Å². The minimum Gasteiger partial charge on any atom is -0.284 e. The fourth-order valence-corrected chi connectivity index (χ4v) is 3.56. The number of benzene rings is 2. The van der Waals surface area contributed by atoms with Crippen LogP contribution in [-0.2, 0) is 0 Å². The molecule has 4 rings (SSSR count). The minimum atomic E-state index is -0.272. The van der Waals surface area contributed by atoms with Crippen LogP contribution in [0.5, 0.6) is 0 Å². The fourth-order valence-electron chi connectivity index (χ4n) is 2.69. The van der Waals surface area contributed by atoms with E-state index in [2.05, 4.69) is 27.6 Å². The number of aromatic nitrogens is 2. The van der Waals surface area contributed by atoms with Gasteiger partial charge in [0.05, 0.1) is 5.69 Å². The second kappa shape index (κ2) is 7.80. The third-order valence-corrected chi connectivity index (χ3v) is 4.81. The number of nitrogens with zero attached hydrogens (tertiary/aromatic N) is 3.